The van der Waals surface area contributed by atoms with Crippen LogP contribution in [0.5, 0.6) is 0 Å². The Labute approximate surface area is 54.2 Å². The third kappa shape index (κ3) is 1.19. The van der Waals surface area contributed by atoms with Gasteiger partial charge in [0.05, 0.1) is 6.20 Å². The van der Waals surface area contributed by atoms with E-state index in [9.17, 15) is 0 Å². The highest BCUT2D eigenvalue weighted by Gasteiger charge is 1.94. The lowest BCUT2D eigenvalue weighted by Gasteiger charge is -1.88. The average molecular weight is 123 g/mol. The molecule has 0 N–H and O–H groups in total. The van der Waals surface area contributed by atoms with Crippen LogP contribution in [0.25, 0.3) is 5.57 Å². The maximum Gasteiger partial charge on any atom is 0.181 e. The molecule has 1 rings (SSSR count). The van der Waals surface area contributed by atoms with E-state index in [4.69, 9.17) is 4.42 Å². The average Bonchev–Trinajstić information content (AvgIpc) is 2.37. The molecule has 0 aliphatic rings. The highest BCUT2D eigenvalue weighted by Crippen LogP contribution is 2.10. The van der Waals surface area contributed by atoms with Gasteiger partial charge in [-0.3, -0.25) is 0 Å². The molecule has 1 heterocycles. The molecule has 0 aliphatic carbocycles. The van der Waals surface area contributed by atoms with Gasteiger partial charge in [-0.1, -0.05) is 6.08 Å². The molecule has 2 heteroatoms. The van der Waals surface area contributed by atoms with Crippen LogP contribution in [-0.4, -0.2) is 4.98 Å². The molecule has 0 aromatic carbocycles. The van der Waals surface area contributed by atoms with Crippen molar-refractivity contribution in [1.29, 1.82) is 0 Å². The summed E-state index contributed by atoms with van der Waals surface area (Å²) in [5.74, 6) is 0.845. The third-order valence-corrected chi connectivity index (χ3v) is 1.25. The van der Waals surface area contributed by atoms with Gasteiger partial charge in [0.2, 0.25) is 0 Å². The molecule has 2 nitrogen and oxygen atoms in total. The highest BCUT2D eigenvalue weighted by molar-refractivity contribution is 5.57. The van der Waals surface area contributed by atoms with Crippen molar-refractivity contribution >= 4 is 5.57 Å². The van der Waals surface area contributed by atoms with Gasteiger partial charge in [-0.2, -0.15) is 0 Å². The summed E-state index contributed by atoms with van der Waals surface area (Å²) in [7, 11) is 0. The fourth-order valence-electron chi connectivity index (χ4n) is 0.553. The highest BCUT2D eigenvalue weighted by atomic mass is 16.3. The second-order valence-corrected chi connectivity index (χ2v) is 1.84. The van der Waals surface area contributed by atoms with Crippen LogP contribution < -0.4 is 0 Å². The molecule has 0 bridgehead atoms. The van der Waals surface area contributed by atoms with E-state index in [0.717, 1.165) is 11.3 Å². The minimum atomic E-state index is 0.845. The number of nitrogens with zero attached hydrogens (tertiary/aromatic N) is 1. The Hall–Kier alpha value is -1.05. The Morgan fingerprint density at radius 1 is 1.78 bits per heavy atom. The van der Waals surface area contributed by atoms with Crippen LogP contribution >= 0.6 is 0 Å². The van der Waals surface area contributed by atoms with E-state index in [1.807, 2.05) is 19.9 Å². The van der Waals surface area contributed by atoms with Gasteiger partial charge in [0.1, 0.15) is 5.76 Å². The van der Waals surface area contributed by atoms with Gasteiger partial charge in [-0.15, -0.1) is 0 Å². The number of hydrogen-bond donors (Lipinski definition) is 0. The molecule has 0 fully saturated rings. The van der Waals surface area contributed by atoms with E-state index in [-0.39, 0.29) is 0 Å². The Bertz CT molecular complexity index is 199. The zero-order valence-corrected chi connectivity index (χ0v) is 5.59. The van der Waals surface area contributed by atoms with Crippen molar-refractivity contribution < 1.29 is 4.42 Å². The number of allylic oxidation sites excluding steroid dienone is 2. The molecule has 9 heavy (non-hydrogen) atoms. The maximum absolute atomic E-state index is 5.01. The van der Waals surface area contributed by atoms with Crippen LogP contribution in [-0.2, 0) is 0 Å². The fraction of sp³-hybridized carbons (Fsp3) is 0.286. The van der Waals surface area contributed by atoms with E-state index in [1.54, 1.807) is 6.20 Å². The van der Waals surface area contributed by atoms with Crippen molar-refractivity contribution in [2.45, 2.75) is 13.8 Å². The van der Waals surface area contributed by atoms with Crippen LogP contribution in [0.2, 0.25) is 0 Å². The first kappa shape index (κ1) is 6.08. The fourth-order valence-corrected chi connectivity index (χ4v) is 0.553. The lowest BCUT2D eigenvalue weighted by Crippen LogP contribution is -1.69. The van der Waals surface area contributed by atoms with E-state index in [1.165, 1.54) is 6.39 Å². The summed E-state index contributed by atoms with van der Waals surface area (Å²) in [6.45, 7) is 3.96. The Kier molecular flexibility index (Phi) is 1.68. The van der Waals surface area contributed by atoms with E-state index in [2.05, 4.69) is 4.98 Å². The number of hydrogen-bond acceptors (Lipinski definition) is 2. The standard InChI is InChI=1S/C7H9NO/c1-3-6(2)7-4-8-5-9-7/h3-5H,1-2H3/b6-3+. The summed E-state index contributed by atoms with van der Waals surface area (Å²) in [5, 5.41) is 0. The Morgan fingerprint density at radius 3 is 3.00 bits per heavy atom. The van der Waals surface area contributed by atoms with Gasteiger partial charge in [0.25, 0.3) is 0 Å². The van der Waals surface area contributed by atoms with Crippen molar-refractivity contribution in [1.82, 2.24) is 4.98 Å². The van der Waals surface area contributed by atoms with Gasteiger partial charge in [0, 0.05) is 0 Å². The summed E-state index contributed by atoms with van der Waals surface area (Å²) in [6, 6.07) is 0. The van der Waals surface area contributed by atoms with Gasteiger partial charge < -0.3 is 4.42 Å². The molecule has 1 aromatic heterocycles. The number of oxazole rings is 1. The molecule has 0 radical (unpaired) electrons. The van der Waals surface area contributed by atoms with Gasteiger partial charge in [0.15, 0.2) is 6.39 Å². The molecule has 0 aliphatic heterocycles. The second-order valence-electron chi connectivity index (χ2n) is 1.84. The number of rotatable bonds is 1. The van der Waals surface area contributed by atoms with Crippen molar-refractivity contribution in [2.24, 2.45) is 0 Å². The molecule has 0 saturated carbocycles. The lowest BCUT2D eigenvalue weighted by molar-refractivity contribution is 0.544. The minimum Gasteiger partial charge on any atom is -0.444 e. The normalized spacial score (nSPS) is 12.0. The molecule has 0 unspecified atom stereocenters. The molecule has 0 amide bonds. The molecule has 0 saturated heterocycles. The van der Waals surface area contributed by atoms with Crippen molar-refractivity contribution in [3.8, 4) is 0 Å². The van der Waals surface area contributed by atoms with Gasteiger partial charge in [-0.05, 0) is 19.4 Å². The summed E-state index contributed by atoms with van der Waals surface area (Å²) >= 11 is 0. The minimum absolute atomic E-state index is 0.845. The van der Waals surface area contributed by atoms with Crippen molar-refractivity contribution in [3.05, 3.63) is 24.4 Å². The van der Waals surface area contributed by atoms with Crippen LogP contribution in [0.4, 0.5) is 0 Å². The summed E-state index contributed by atoms with van der Waals surface area (Å²) in [5.41, 5.74) is 1.12. The molecule has 1 aromatic rings. The molecule has 0 spiro atoms. The van der Waals surface area contributed by atoms with Crippen LogP contribution in [0.1, 0.15) is 19.6 Å². The van der Waals surface area contributed by atoms with E-state index >= 15 is 0 Å². The Balaban J connectivity index is 2.90. The van der Waals surface area contributed by atoms with E-state index in [0.29, 0.717) is 0 Å². The lowest BCUT2D eigenvalue weighted by atomic mass is 10.2. The monoisotopic (exact) mass is 123 g/mol. The van der Waals surface area contributed by atoms with Crippen LogP contribution in [0.3, 0.4) is 0 Å². The predicted octanol–water partition coefficient (Wildman–Crippen LogP) is 2.10. The van der Waals surface area contributed by atoms with Gasteiger partial charge in [-0.25, -0.2) is 4.98 Å². The maximum atomic E-state index is 5.01. The largest absolute Gasteiger partial charge is 0.444 e. The first-order valence-corrected chi connectivity index (χ1v) is 2.86. The smallest absolute Gasteiger partial charge is 0.181 e. The molecular weight excluding hydrogens is 114 g/mol. The van der Waals surface area contributed by atoms with E-state index < -0.39 is 0 Å². The number of aromatic nitrogens is 1. The SMILES string of the molecule is C/C=C(\C)c1cnco1. The first-order valence-electron chi connectivity index (χ1n) is 2.86. The third-order valence-electron chi connectivity index (χ3n) is 1.25. The second kappa shape index (κ2) is 2.49. The summed E-state index contributed by atoms with van der Waals surface area (Å²) in [6.07, 6.45) is 5.12. The van der Waals surface area contributed by atoms with Gasteiger partial charge >= 0.3 is 0 Å². The molecule has 0 atom stereocenters. The quantitative estimate of drug-likeness (QED) is 0.571. The molecule has 48 valence electrons. The van der Waals surface area contributed by atoms with Crippen molar-refractivity contribution in [2.75, 3.05) is 0 Å². The van der Waals surface area contributed by atoms with Crippen LogP contribution in [0, 0.1) is 0 Å². The summed E-state index contributed by atoms with van der Waals surface area (Å²) < 4.78 is 5.01. The zero-order valence-electron chi connectivity index (χ0n) is 5.59. The Morgan fingerprint density at radius 2 is 2.56 bits per heavy atom. The molecular formula is C7H9NO. The summed E-state index contributed by atoms with van der Waals surface area (Å²) in [4.78, 5) is 3.78. The van der Waals surface area contributed by atoms with Crippen LogP contribution in [0.15, 0.2) is 23.1 Å². The topological polar surface area (TPSA) is 26.0 Å². The first-order chi connectivity index (χ1) is 4.34. The van der Waals surface area contributed by atoms with Crippen molar-refractivity contribution in [3.63, 3.8) is 0 Å². The zero-order chi connectivity index (χ0) is 6.69. The predicted molar refractivity (Wildman–Crippen MR) is 35.8 cm³/mol.